The standard InChI is InChI=1S/C19H24/c1-4-16(5-2)19(3,17-12-8-6-9-13-17)18-14-10-7-11-15-18/h6-16H,4-5H2,1-3H3. The third-order valence-corrected chi connectivity index (χ3v) is 4.55. The number of hydrogen-bond donors (Lipinski definition) is 0. The van der Waals surface area contributed by atoms with Gasteiger partial charge in [-0.05, 0) is 17.0 Å². The minimum Gasteiger partial charge on any atom is -0.0651 e. The van der Waals surface area contributed by atoms with Crippen LogP contribution in [0.3, 0.4) is 0 Å². The molecule has 0 saturated heterocycles. The molecule has 0 radical (unpaired) electrons. The van der Waals surface area contributed by atoms with Gasteiger partial charge >= 0.3 is 0 Å². The summed E-state index contributed by atoms with van der Waals surface area (Å²) >= 11 is 0. The van der Waals surface area contributed by atoms with Gasteiger partial charge < -0.3 is 0 Å². The summed E-state index contributed by atoms with van der Waals surface area (Å²) in [6.07, 6.45) is 2.41. The number of benzene rings is 2. The van der Waals surface area contributed by atoms with Gasteiger partial charge in [0.05, 0.1) is 0 Å². The average molecular weight is 252 g/mol. The highest BCUT2D eigenvalue weighted by atomic mass is 14.4. The van der Waals surface area contributed by atoms with Crippen molar-refractivity contribution in [3.05, 3.63) is 71.8 Å². The van der Waals surface area contributed by atoms with E-state index in [2.05, 4.69) is 81.4 Å². The Morgan fingerprint density at radius 1 is 0.737 bits per heavy atom. The maximum Gasteiger partial charge on any atom is 0.0202 e. The van der Waals surface area contributed by atoms with Crippen molar-refractivity contribution in [2.24, 2.45) is 5.92 Å². The van der Waals surface area contributed by atoms with Gasteiger partial charge in [-0.3, -0.25) is 0 Å². The van der Waals surface area contributed by atoms with Crippen molar-refractivity contribution in [1.82, 2.24) is 0 Å². The first-order chi connectivity index (χ1) is 9.23. The highest BCUT2D eigenvalue weighted by Crippen LogP contribution is 2.41. The maximum atomic E-state index is 2.40. The van der Waals surface area contributed by atoms with Crippen LogP contribution in [0.25, 0.3) is 0 Å². The van der Waals surface area contributed by atoms with Crippen LogP contribution in [0.1, 0.15) is 44.7 Å². The van der Waals surface area contributed by atoms with Gasteiger partial charge in [0, 0.05) is 5.41 Å². The highest BCUT2D eigenvalue weighted by molar-refractivity contribution is 5.39. The molecule has 19 heavy (non-hydrogen) atoms. The summed E-state index contributed by atoms with van der Waals surface area (Å²) in [5, 5.41) is 0. The van der Waals surface area contributed by atoms with Crippen molar-refractivity contribution >= 4 is 0 Å². The molecule has 0 heteroatoms. The Morgan fingerprint density at radius 2 is 1.11 bits per heavy atom. The molecule has 0 heterocycles. The summed E-state index contributed by atoms with van der Waals surface area (Å²) in [6, 6.07) is 21.9. The van der Waals surface area contributed by atoms with E-state index >= 15 is 0 Å². The van der Waals surface area contributed by atoms with Crippen LogP contribution in [0.4, 0.5) is 0 Å². The second kappa shape index (κ2) is 6.06. The predicted octanol–water partition coefficient (Wildman–Crippen LogP) is 5.43. The molecule has 0 aliphatic carbocycles. The molecule has 100 valence electrons. The molecule has 0 aliphatic heterocycles. The third-order valence-electron chi connectivity index (χ3n) is 4.55. The molecule has 0 saturated carbocycles. The third kappa shape index (κ3) is 2.58. The molecular weight excluding hydrogens is 228 g/mol. The van der Waals surface area contributed by atoms with Crippen LogP contribution in [0.5, 0.6) is 0 Å². The van der Waals surface area contributed by atoms with E-state index in [1.807, 2.05) is 0 Å². The van der Waals surface area contributed by atoms with E-state index in [1.165, 1.54) is 24.0 Å². The summed E-state index contributed by atoms with van der Waals surface area (Å²) in [6.45, 7) is 7.01. The predicted molar refractivity (Wildman–Crippen MR) is 83.4 cm³/mol. The second-order valence-corrected chi connectivity index (χ2v) is 5.45. The van der Waals surface area contributed by atoms with Gasteiger partial charge in [0.25, 0.3) is 0 Å². The van der Waals surface area contributed by atoms with E-state index in [0.29, 0.717) is 5.92 Å². The molecule has 0 fully saturated rings. The fourth-order valence-electron chi connectivity index (χ4n) is 3.31. The monoisotopic (exact) mass is 252 g/mol. The lowest BCUT2D eigenvalue weighted by Crippen LogP contribution is -2.32. The molecule has 2 aromatic carbocycles. The van der Waals surface area contributed by atoms with E-state index in [1.54, 1.807) is 0 Å². The van der Waals surface area contributed by atoms with E-state index in [9.17, 15) is 0 Å². The molecule has 2 rings (SSSR count). The van der Waals surface area contributed by atoms with Gasteiger partial charge in [-0.1, -0.05) is 94.3 Å². The van der Waals surface area contributed by atoms with Crippen molar-refractivity contribution in [3.8, 4) is 0 Å². The minimum atomic E-state index is 0.103. The molecule has 0 unspecified atom stereocenters. The molecular formula is C19H24. The molecule has 0 amide bonds. The van der Waals surface area contributed by atoms with Crippen molar-refractivity contribution in [2.45, 2.75) is 39.0 Å². The lowest BCUT2D eigenvalue weighted by atomic mass is 9.65. The van der Waals surface area contributed by atoms with Gasteiger partial charge in [-0.2, -0.15) is 0 Å². The van der Waals surface area contributed by atoms with E-state index in [4.69, 9.17) is 0 Å². The quantitative estimate of drug-likeness (QED) is 0.665. The van der Waals surface area contributed by atoms with Crippen LogP contribution in [-0.4, -0.2) is 0 Å². The zero-order chi connectivity index (χ0) is 13.7. The van der Waals surface area contributed by atoms with Crippen LogP contribution in [0.2, 0.25) is 0 Å². The van der Waals surface area contributed by atoms with Crippen molar-refractivity contribution < 1.29 is 0 Å². The number of rotatable bonds is 5. The molecule has 0 aromatic heterocycles. The molecule has 0 atom stereocenters. The summed E-state index contributed by atoms with van der Waals surface area (Å²) < 4.78 is 0. The maximum absolute atomic E-state index is 2.40. The Bertz CT molecular complexity index is 440. The first-order valence-corrected chi connectivity index (χ1v) is 7.34. The van der Waals surface area contributed by atoms with E-state index in [-0.39, 0.29) is 5.41 Å². The van der Waals surface area contributed by atoms with Crippen LogP contribution in [-0.2, 0) is 5.41 Å². The van der Waals surface area contributed by atoms with E-state index < -0.39 is 0 Å². The SMILES string of the molecule is CCC(CC)C(C)(c1ccccc1)c1ccccc1. The largest absolute Gasteiger partial charge is 0.0651 e. The first-order valence-electron chi connectivity index (χ1n) is 7.34. The fraction of sp³-hybridized carbons (Fsp3) is 0.368. The summed E-state index contributed by atoms with van der Waals surface area (Å²) in [7, 11) is 0. The van der Waals surface area contributed by atoms with Crippen molar-refractivity contribution in [1.29, 1.82) is 0 Å². The Morgan fingerprint density at radius 3 is 1.42 bits per heavy atom. The zero-order valence-electron chi connectivity index (χ0n) is 12.3. The van der Waals surface area contributed by atoms with Crippen molar-refractivity contribution in [3.63, 3.8) is 0 Å². The van der Waals surface area contributed by atoms with Crippen molar-refractivity contribution in [2.75, 3.05) is 0 Å². The smallest absolute Gasteiger partial charge is 0.0202 e. The molecule has 0 bridgehead atoms. The zero-order valence-corrected chi connectivity index (χ0v) is 12.3. The molecule has 0 nitrogen and oxygen atoms in total. The topological polar surface area (TPSA) is 0 Å². The van der Waals surface area contributed by atoms with E-state index in [0.717, 1.165) is 0 Å². The Balaban J connectivity index is 2.57. The van der Waals surface area contributed by atoms with Crippen LogP contribution < -0.4 is 0 Å². The first kappa shape index (κ1) is 13.9. The fourth-order valence-corrected chi connectivity index (χ4v) is 3.31. The molecule has 0 spiro atoms. The molecule has 2 aromatic rings. The van der Waals surface area contributed by atoms with Gasteiger partial charge in [-0.25, -0.2) is 0 Å². The van der Waals surface area contributed by atoms with Crippen LogP contribution in [0, 0.1) is 5.92 Å². The lowest BCUT2D eigenvalue weighted by molar-refractivity contribution is 0.324. The molecule has 0 N–H and O–H groups in total. The Kier molecular flexibility index (Phi) is 4.42. The lowest BCUT2D eigenvalue weighted by Gasteiger charge is -2.38. The van der Waals surface area contributed by atoms with Gasteiger partial charge in [0.1, 0.15) is 0 Å². The normalized spacial score (nSPS) is 11.8. The van der Waals surface area contributed by atoms with Gasteiger partial charge in [0.2, 0.25) is 0 Å². The second-order valence-electron chi connectivity index (χ2n) is 5.45. The van der Waals surface area contributed by atoms with Crippen LogP contribution >= 0.6 is 0 Å². The highest BCUT2D eigenvalue weighted by Gasteiger charge is 2.35. The Labute approximate surface area is 117 Å². The summed E-state index contributed by atoms with van der Waals surface area (Å²) in [4.78, 5) is 0. The average Bonchev–Trinajstić information content (AvgIpc) is 2.50. The summed E-state index contributed by atoms with van der Waals surface area (Å²) in [5.74, 6) is 0.664. The minimum absolute atomic E-state index is 0.103. The van der Waals surface area contributed by atoms with Gasteiger partial charge in [-0.15, -0.1) is 0 Å². The van der Waals surface area contributed by atoms with Gasteiger partial charge in [0.15, 0.2) is 0 Å². The number of hydrogen-bond acceptors (Lipinski definition) is 0. The summed E-state index contributed by atoms with van der Waals surface area (Å²) in [5.41, 5.74) is 2.95. The Hall–Kier alpha value is -1.56. The molecule has 0 aliphatic rings. The van der Waals surface area contributed by atoms with Crippen LogP contribution in [0.15, 0.2) is 60.7 Å².